The monoisotopic (exact) mass is 267 g/mol. The van der Waals surface area contributed by atoms with E-state index in [9.17, 15) is 0 Å². The molecule has 0 bridgehead atoms. The molecule has 2 aromatic rings. The molecule has 0 saturated carbocycles. The highest BCUT2D eigenvalue weighted by molar-refractivity contribution is 6.87. The Morgan fingerprint density at radius 3 is 1.79 bits per heavy atom. The Hall–Kier alpha value is -1.36. The van der Waals surface area contributed by atoms with E-state index < -0.39 is 8.32 Å². The van der Waals surface area contributed by atoms with Crippen molar-refractivity contribution in [2.24, 2.45) is 0 Å². The van der Waals surface area contributed by atoms with Crippen LogP contribution in [0.25, 0.3) is 11.1 Å². The molecule has 2 aromatic carbocycles. The van der Waals surface area contributed by atoms with E-state index in [4.69, 9.17) is 4.53 Å². The zero-order valence-corrected chi connectivity index (χ0v) is 12.6. The average Bonchev–Trinajstić information content (AvgIpc) is 2.70. The number of rotatable bonds is 3. The molecule has 0 atom stereocenters. The maximum Gasteiger partial charge on any atom is 0.316 e. The molecule has 0 saturated heterocycles. The van der Waals surface area contributed by atoms with E-state index in [-0.39, 0.29) is 6.85 Å². The lowest BCUT2D eigenvalue weighted by atomic mass is 9.55. The Morgan fingerprint density at radius 2 is 1.32 bits per heavy atom. The van der Waals surface area contributed by atoms with Gasteiger partial charge < -0.3 is 4.53 Å². The third kappa shape index (κ3) is 2.39. The Bertz CT molecular complexity index is 564. The minimum absolute atomic E-state index is 0.152. The molecule has 0 radical (unpaired) electrons. The second-order valence-electron chi connectivity index (χ2n) is 5.94. The highest BCUT2D eigenvalue weighted by Gasteiger charge is 2.33. The number of hydrogen-bond donors (Lipinski definition) is 1. The van der Waals surface area contributed by atoms with Gasteiger partial charge in [-0.15, -0.1) is 0 Å². The van der Waals surface area contributed by atoms with Crippen LogP contribution in [0.1, 0.15) is 0 Å². The van der Waals surface area contributed by atoms with Crippen molar-refractivity contribution in [3.05, 3.63) is 48.5 Å². The summed E-state index contributed by atoms with van der Waals surface area (Å²) in [6.07, 6.45) is 0. The van der Waals surface area contributed by atoms with E-state index in [1.807, 2.05) is 0 Å². The molecule has 1 aliphatic rings. The molecule has 4 heteroatoms. The van der Waals surface area contributed by atoms with E-state index in [0.717, 1.165) is 0 Å². The fourth-order valence-electron chi connectivity index (χ4n) is 2.52. The molecule has 3 rings (SSSR count). The van der Waals surface area contributed by atoms with Crippen LogP contribution in [0.15, 0.2) is 48.5 Å². The summed E-state index contributed by atoms with van der Waals surface area (Å²) in [5.41, 5.74) is 5.24. The zero-order valence-electron chi connectivity index (χ0n) is 11.6. The highest BCUT2D eigenvalue weighted by atomic mass is 28.4. The van der Waals surface area contributed by atoms with Gasteiger partial charge in [-0.25, -0.2) is 5.39 Å². The summed E-state index contributed by atoms with van der Waals surface area (Å²) in [6, 6.07) is 17.1. The van der Waals surface area contributed by atoms with Crippen LogP contribution in [0, 0.1) is 0 Å². The number of fused-ring (bicyclic) bond motifs is 3. The topological polar surface area (TPSA) is 21.3 Å². The Labute approximate surface area is 116 Å². The minimum Gasteiger partial charge on any atom is -0.356 e. The molecule has 96 valence electrons. The summed E-state index contributed by atoms with van der Waals surface area (Å²) in [5, 5.41) is 3.30. The fraction of sp³-hybridized carbons (Fsp3) is 0.200. The highest BCUT2D eigenvalue weighted by Crippen LogP contribution is 2.21. The van der Waals surface area contributed by atoms with Crippen LogP contribution in [0.2, 0.25) is 19.6 Å². The van der Waals surface area contributed by atoms with Crippen molar-refractivity contribution in [2.45, 2.75) is 19.6 Å². The molecule has 19 heavy (non-hydrogen) atoms. The molecule has 0 aromatic heterocycles. The van der Waals surface area contributed by atoms with Crippen LogP contribution >= 0.6 is 0 Å². The maximum absolute atomic E-state index is 5.92. The lowest BCUT2D eigenvalue weighted by Crippen LogP contribution is -2.54. The Balaban J connectivity index is 2.00. The predicted molar refractivity (Wildman–Crippen MR) is 84.5 cm³/mol. The summed E-state index contributed by atoms with van der Waals surface area (Å²) < 4.78 is 5.92. The molecular formula is C15H18BNOSi. The van der Waals surface area contributed by atoms with Gasteiger partial charge in [-0.05, 0) is 41.7 Å². The van der Waals surface area contributed by atoms with Crippen molar-refractivity contribution in [3.63, 3.8) is 0 Å². The van der Waals surface area contributed by atoms with Crippen LogP contribution in [0.5, 0.6) is 0 Å². The van der Waals surface area contributed by atoms with Crippen LogP contribution < -0.4 is 16.3 Å². The molecule has 2 nitrogen and oxygen atoms in total. The molecule has 0 aliphatic carbocycles. The molecule has 1 N–H and O–H groups in total. The smallest absolute Gasteiger partial charge is 0.316 e. The van der Waals surface area contributed by atoms with Crippen molar-refractivity contribution in [3.8, 4) is 11.1 Å². The summed E-state index contributed by atoms with van der Waals surface area (Å²) >= 11 is 0. The first-order valence-electron chi connectivity index (χ1n) is 6.68. The van der Waals surface area contributed by atoms with Crippen LogP contribution in [-0.2, 0) is 4.53 Å². The predicted octanol–water partition coefficient (Wildman–Crippen LogP) is 2.13. The fourth-order valence-corrected chi connectivity index (χ4v) is 2.99. The van der Waals surface area contributed by atoms with Gasteiger partial charge in [0.15, 0.2) is 0 Å². The van der Waals surface area contributed by atoms with Gasteiger partial charge >= 0.3 is 6.85 Å². The minimum atomic E-state index is -1.58. The molecule has 0 amide bonds. The van der Waals surface area contributed by atoms with Gasteiger partial charge in [-0.1, -0.05) is 48.5 Å². The molecule has 0 unspecified atom stereocenters. The quantitative estimate of drug-likeness (QED) is 0.679. The van der Waals surface area contributed by atoms with Gasteiger partial charge in [-0.2, -0.15) is 0 Å². The number of nitrogens with one attached hydrogen (secondary N) is 1. The molecule has 1 aliphatic heterocycles. The zero-order chi connectivity index (χ0) is 13.5. The van der Waals surface area contributed by atoms with Gasteiger partial charge in [0.1, 0.15) is 0 Å². The summed E-state index contributed by atoms with van der Waals surface area (Å²) in [4.78, 5) is 0. The number of hydrogen-bond acceptors (Lipinski definition) is 2. The molecular weight excluding hydrogens is 249 g/mol. The summed E-state index contributed by atoms with van der Waals surface area (Å²) in [6.45, 7) is 6.71. The van der Waals surface area contributed by atoms with E-state index in [1.54, 1.807) is 0 Å². The van der Waals surface area contributed by atoms with E-state index in [0.29, 0.717) is 0 Å². The Morgan fingerprint density at radius 1 is 0.842 bits per heavy atom. The first-order valence-corrected chi connectivity index (χ1v) is 10.1. The van der Waals surface area contributed by atoms with Crippen molar-refractivity contribution >= 4 is 26.1 Å². The van der Waals surface area contributed by atoms with Gasteiger partial charge in [0.05, 0.1) is 0 Å². The molecule has 0 fully saturated rings. The summed E-state index contributed by atoms with van der Waals surface area (Å²) in [7, 11) is -1.58. The SMILES string of the molecule is C[Si](C)(C)ONB1c2ccccc2-c2ccccc21. The van der Waals surface area contributed by atoms with Crippen molar-refractivity contribution in [1.29, 1.82) is 0 Å². The van der Waals surface area contributed by atoms with Crippen LogP contribution in [0.3, 0.4) is 0 Å². The van der Waals surface area contributed by atoms with Gasteiger partial charge in [0.25, 0.3) is 0 Å². The van der Waals surface area contributed by atoms with Crippen molar-refractivity contribution in [1.82, 2.24) is 5.39 Å². The second-order valence-corrected chi connectivity index (χ2v) is 10.4. The lowest BCUT2D eigenvalue weighted by Gasteiger charge is -2.21. The molecule has 0 spiro atoms. The van der Waals surface area contributed by atoms with E-state index in [2.05, 4.69) is 73.6 Å². The Kier molecular flexibility index (Phi) is 3.09. The first kappa shape index (κ1) is 12.7. The van der Waals surface area contributed by atoms with Gasteiger partial charge in [-0.3, -0.25) is 0 Å². The van der Waals surface area contributed by atoms with E-state index >= 15 is 0 Å². The van der Waals surface area contributed by atoms with Crippen molar-refractivity contribution < 1.29 is 4.53 Å². The lowest BCUT2D eigenvalue weighted by molar-refractivity contribution is 0.264. The summed E-state index contributed by atoms with van der Waals surface area (Å²) in [5.74, 6) is 0. The first-order chi connectivity index (χ1) is 9.06. The van der Waals surface area contributed by atoms with E-state index in [1.165, 1.54) is 22.1 Å². The van der Waals surface area contributed by atoms with Crippen molar-refractivity contribution in [2.75, 3.05) is 0 Å². The number of benzene rings is 2. The van der Waals surface area contributed by atoms with Gasteiger partial charge in [0.2, 0.25) is 8.32 Å². The molecule has 1 heterocycles. The normalized spacial score (nSPS) is 13.3. The standard InChI is InChI=1S/C15H18BNOSi/c1-19(2,3)18-17-16-14-10-6-4-8-12(14)13-9-5-7-11-15(13)16/h4-11,17H,1-3H3. The van der Waals surface area contributed by atoms with Gasteiger partial charge in [0, 0.05) is 0 Å². The van der Waals surface area contributed by atoms with Crippen LogP contribution in [0.4, 0.5) is 0 Å². The average molecular weight is 267 g/mol. The third-order valence-corrected chi connectivity index (χ3v) is 4.05. The second kappa shape index (κ2) is 4.63. The third-order valence-electron chi connectivity index (χ3n) is 3.32. The van der Waals surface area contributed by atoms with Crippen LogP contribution in [-0.4, -0.2) is 15.2 Å². The largest absolute Gasteiger partial charge is 0.356 e. The maximum atomic E-state index is 5.92.